The van der Waals surface area contributed by atoms with Crippen LogP contribution in [-0.2, 0) is 0 Å². The normalized spacial score (nSPS) is 33.0. The van der Waals surface area contributed by atoms with E-state index in [0.717, 1.165) is 37.3 Å². The minimum Gasteiger partial charge on any atom is -0.370 e. The van der Waals surface area contributed by atoms with Crippen molar-refractivity contribution in [3.63, 3.8) is 0 Å². The van der Waals surface area contributed by atoms with E-state index in [9.17, 15) is 0 Å². The fraction of sp³-hybridized carbons (Fsp3) is 0.933. The molecule has 2 unspecified atom stereocenters. The summed E-state index contributed by atoms with van der Waals surface area (Å²) in [6.45, 7) is 8.97. The van der Waals surface area contributed by atoms with Gasteiger partial charge >= 0.3 is 0 Å². The smallest absolute Gasteiger partial charge is 0.191 e. The lowest BCUT2D eigenvalue weighted by Crippen LogP contribution is -2.51. The van der Waals surface area contributed by atoms with E-state index in [1.807, 2.05) is 0 Å². The van der Waals surface area contributed by atoms with Gasteiger partial charge in [0.05, 0.1) is 12.1 Å². The number of hydrogen-bond donors (Lipinski definition) is 1. The average Bonchev–Trinajstić information content (AvgIpc) is 2.54. The van der Waals surface area contributed by atoms with E-state index in [1.165, 1.54) is 32.1 Å². The van der Waals surface area contributed by atoms with Crippen LogP contribution in [0, 0.1) is 11.8 Å². The van der Waals surface area contributed by atoms with Crippen molar-refractivity contribution >= 4 is 5.96 Å². The molecule has 0 amide bonds. The molecule has 1 aliphatic heterocycles. The SMILES string of the molecule is CCCN1C(N)=NCC12CCCC(C(C)C)CC2. The largest absolute Gasteiger partial charge is 0.370 e. The average molecular weight is 251 g/mol. The van der Waals surface area contributed by atoms with Crippen LogP contribution in [0.3, 0.4) is 0 Å². The Hall–Kier alpha value is -0.730. The molecular weight excluding hydrogens is 222 g/mol. The first-order valence-corrected chi connectivity index (χ1v) is 7.66. The first-order chi connectivity index (χ1) is 8.59. The third kappa shape index (κ3) is 2.50. The minimum atomic E-state index is 0.268. The van der Waals surface area contributed by atoms with E-state index in [2.05, 4.69) is 30.7 Å². The maximum Gasteiger partial charge on any atom is 0.191 e. The summed E-state index contributed by atoms with van der Waals surface area (Å²) in [5, 5.41) is 0. The van der Waals surface area contributed by atoms with Gasteiger partial charge in [-0.1, -0.05) is 33.6 Å². The second-order valence-corrected chi connectivity index (χ2v) is 6.49. The maximum absolute atomic E-state index is 6.09. The van der Waals surface area contributed by atoms with Gasteiger partial charge < -0.3 is 10.6 Å². The molecule has 3 nitrogen and oxygen atoms in total. The quantitative estimate of drug-likeness (QED) is 0.838. The summed E-state index contributed by atoms with van der Waals surface area (Å²) in [7, 11) is 0. The Labute approximate surface area is 112 Å². The summed E-state index contributed by atoms with van der Waals surface area (Å²) in [5.74, 6) is 2.51. The van der Waals surface area contributed by atoms with E-state index in [-0.39, 0.29) is 5.54 Å². The molecule has 1 aliphatic carbocycles. The molecule has 1 spiro atoms. The lowest BCUT2D eigenvalue weighted by atomic mass is 9.86. The van der Waals surface area contributed by atoms with Crippen molar-refractivity contribution in [1.82, 2.24) is 4.90 Å². The number of hydrogen-bond acceptors (Lipinski definition) is 3. The number of guanidine groups is 1. The van der Waals surface area contributed by atoms with Gasteiger partial charge in [-0.3, -0.25) is 4.99 Å². The molecule has 2 aliphatic rings. The van der Waals surface area contributed by atoms with E-state index in [1.54, 1.807) is 0 Å². The van der Waals surface area contributed by atoms with Crippen molar-refractivity contribution in [3.8, 4) is 0 Å². The zero-order valence-electron chi connectivity index (χ0n) is 12.3. The predicted octanol–water partition coefficient (Wildman–Crippen LogP) is 3.00. The highest BCUT2D eigenvalue weighted by molar-refractivity contribution is 5.81. The van der Waals surface area contributed by atoms with Crippen LogP contribution >= 0.6 is 0 Å². The van der Waals surface area contributed by atoms with Gasteiger partial charge in [-0.25, -0.2) is 0 Å². The van der Waals surface area contributed by atoms with Crippen LogP contribution in [-0.4, -0.2) is 29.5 Å². The first-order valence-electron chi connectivity index (χ1n) is 7.66. The van der Waals surface area contributed by atoms with Crippen molar-refractivity contribution in [2.45, 2.75) is 64.8 Å². The van der Waals surface area contributed by atoms with Crippen molar-refractivity contribution in [3.05, 3.63) is 0 Å². The van der Waals surface area contributed by atoms with Crippen molar-refractivity contribution in [1.29, 1.82) is 0 Å². The van der Waals surface area contributed by atoms with Gasteiger partial charge in [0.2, 0.25) is 0 Å². The standard InChI is InChI=1S/C15H29N3/c1-4-10-18-14(16)17-11-15(18)8-5-6-13(7-9-15)12(2)3/h12-13H,4-11H2,1-3H3,(H2,16,17). The summed E-state index contributed by atoms with van der Waals surface area (Å²) >= 11 is 0. The van der Waals surface area contributed by atoms with Crippen LogP contribution in [0.2, 0.25) is 0 Å². The lowest BCUT2D eigenvalue weighted by Gasteiger charge is -2.39. The van der Waals surface area contributed by atoms with Crippen LogP contribution in [0.4, 0.5) is 0 Å². The van der Waals surface area contributed by atoms with Gasteiger partial charge in [0.1, 0.15) is 0 Å². The highest BCUT2D eigenvalue weighted by Crippen LogP contribution is 2.39. The fourth-order valence-electron chi connectivity index (χ4n) is 3.73. The first kappa shape index (κ1) is 13.7. The molecule has 1 fully saturated rings. The molecular formula is C15H29N3. The van der Waals surface area contributed by atoms with Crippen LogP contribution in [0.25, 0.3) is 0 Å². The molecule has 3 heteroatoms. The molecule has 1 heterocycles. The van der Waals surface area contributed by atoms with Gasteiger partial charge in [0, 0.05) is 6.54 Å². The van der Waals surface area contributed by atoms with E-state index in [0.29, 0.717) is 0 Å². The third-order valence-electron chi connectivity index (χ3n) is 4.97. The van der Waals surface area contributed by atoms with Crippen LogP contribution in [0.5, 0.6) is 0 Å². The Bertz CT molecular complexity index is 311. The summed E-state index contributed by atoms with van der Waals surface area (Å²) in [4.78, 5) is 6.96. The molecule has 18 heavy (non-hydrogen) atoms. The third-order valence-corrected chi connectivity index (χ3v) is 4.97. The Morgan fingerprint density at radius 2 is 2.17 bits per heavy atom. The molecule has 0 saturated heterocycles. The highest BCUT2D eigenvalue weighted by atomic mass is 15.4. The summed E-state index contributed by atoms with van der Waals surface area (Å²) in [5.41, 5.74) is 6.36. The van der Waals surface area contributed by atoms with Crippen LogP contribution < -0.4 is 5.73 Å². The number of nitrogens with two attached hydrogens (primary N) is 1. The Morgan fingerprint density at radius 3 is 2.83 bits per heavy atom. The van der Waals surface area contributed by atoms with E-state index >= 15 is 0 Å². The van der Waals surface area contributed by atoms with Gasteiger partial charge in [-0.15, -0.1) is 0 Å². The summed E-state index contributed by atoms with van der Waals surface area (Å²) < 4.78 is 0. The molecule has 2 N–H and O–H groups in total. The molecule has 104 valence electrons. The molecule has 2 rings (SSSR count). The topological polar surface area (TPSA) is 41.6 Å². The van der Waals surface area contributed by atoms with Crippen molar-refractivity contribution in [2.24, 2.45) is 22.6 Å². The Balaban J connectivity index is 2.07. The predicted molar refractivity (Wildman–Crippen MR) is 77.6 cm³/mol. The molecule has 0 aromatic rings. The monoisotopic (exact) mass is 251 g/mol. The molecule has 0 aromatic carbocycles. The van der Waals surface area contributed by atoms with Crippen LogP contribution in [0.1, 0.15) is 59.3 Å². The zero-order chi connectivity index (χ0) is 13.2. The second-order valence-electron chi connectivity index (χ2n) is 6.49. The molecule has 0 radical (unpaired) electrons. The van der Waals surface area contributed by atoms with Gasteiger partial charge in [-0.05, 0) is 37.5 Å². The molecule has 1 saturated carbocycles. The Kier molecular flexibility index (Phi) is 4.18. The lowest BCUT2D eigenvalue weighted by molar-refractivity contribution is 0.171. The van der Waals surface area contributed by atoms with Crippen molar-refractivity contribution < 1.29 is 0 Å². The second kappa shape index (κ2) is 5.50. The van der Waals surface area contributed by atoms with Crippen molar-refractivity contribution in [2.75, 3.05) is 13.1 Å². The summed E-state index contributed by atoms with van der Waals surface area (Å²) in [6, 6.07) is 0. The Morgan fingerprint density at radius 1 is 1.39 bits per heavy atom. The number of rotatable bonds is 3. The van der Waals surface area contributed by atoms with Gasteiger partial charge in [0.15, 0.2) is 5.96 Å². The molecule has 0 bridgehead atoms. The highest BCUT2D eigenvalue weighted by Gasteiger charge is 2.42. The van der Waals surface area contributed by atoms with Crippen LogP contribution in [0.15, 0.2) is 4.99 Å². The van der Waals surface area contributed by atoms with Gasteiger partial charge in [-0.2, -0.15) is 0 Å². The van der Waals surface area contributed by atoms with Gasteiger partial charge in [0.25, 0.3) is 0 Å². The fourth-order valence-corrected chi connectivity index (χ4v) is 3.73. The minimum absolute atomic E-state index is 0.268. The number of aliphatic imine (C=N–C) groups is 1. The summed E-state index contributed by atoms with van der Waals surface area (Å²) in [6.07, 6.45) is 7.79. The zero-order valence-corrected chi connectivity index (χ0v) is 12.3. The maximum atomic E-state index is 6.09. The number of nitrogens with zero attached hydrogens (tertiary/aromatic N) is 2. The molecule has 2 atom stereocenters. The van der Waals surface area contributed by atoms with E-state index < -0.39 is 0 Å². The van der Waals surface area contributed by atoms with E-state index in [4.69, 9.17) is 5.73 Å². The molecule has 0 aromatic heterocycles.